The van der Waals surface area contributed by atoms with Crippen molar-refractivity contribution in [1.82, 2.24) is 10.2 Å². The van der Waals surface area contributed by atoms with Crippen LogP contribution in [0.15, 0.2) is 24.3 Å². The Morgan fingerprint density at radius 3 is 2.90 bits per heavy atom. The van der Waals surface area contributed by atoms with Crippen LogP contribution in [0, 0.1) is 11.3 Å². The Kier molecular flexibility index (Phi) is 4.49. The zero-order chi connectivity index (χ0) is 15.5. The molecular formula is C16H21N3O2. The van der Waals surface area contributed by atoms with E-state index in [0.29, 0.717) is 25.2 Å². The first-order valence-electron chi connectivity index (χ1n) is 7.10. The van der Waals surface area contributed by atoms with Crippen molar-refractivity contribution in [1.29, 1.82) is 5.26 Å². The minimum Gasteiger partial charge on any atom is -0.444 e. The zero-order valence-corrected chi connectivity index (χ0v) is 12.7. The molecule has 1 fully saturated rings. The van der Waals surface area contributed by atoms with Gasteiger partial charge in [-0.25, -0.2) is 4.79 Å². The minimum atomic E-state index is -0.488. The second-order valence-electron chi connectivity index (χ2n) is 6.17. The van der Waals surface area contributed by atoms with Gasteiger partial charge in [0, 0.05) is 19.6 Å². The fourth-order valence-corrected chi connectivity index (χ4v) is 2.29. The highest BCUT2D eigenvalue weighted by Gasteiger charge is 2.28. The molecule has 1 aromatic rings. The molecular weight excluding hydrogens is 266 g/mol. The highest BCUT2D eigenvalue weighted by atomic mass is 16.6. The number of benzene rings is 1. The summed E-state index contributed by atoms with van der Waals surface area (Å²) in [5.74, 6) is 0. The van der Waals surface area contributed by atoms with Crippen LogP contribution in [0.4, 0.5) is 4.79 Å². The Labute approximate surface area is 125 Å². The lowest BCUT2D eigenvalue weighted by molar-refractivity contribution is 0.0195. The first-order chi connectivity index (χ1) is 9.89. The van der Waals surface area contributed by atoms with Crippen molar-refractivity contribution in [2.75, 3.05) is 19.6 Å². The average molecular weight is 287 g/mol. The van der Waals surface area contributed by atoms with Crippen molar-refractivity contribution in [2.45, 2.75) is 32.4 Å². The van der Waals surface area contributed by atoms with Crippen LogP contribution in [-0.2, 0) is 4.74 Å². The molecule has 1 aliphatic heterocycles. The van der Waals surface area contributed by atoms with Gasteiger partial charge in [-0.3, -0.25) is 0 Å². The van der Waals surface area contributed by atoms with Crippen LogP contribution in [0.25, 0.3) is 0 Å². The van der Waals surface area contributed by atoms with Crippen LogP contribution >= 0.6 is 0 Å². The van der Waals surface area contributed by atoms with E-state index in [-0.39, 0.29) is 12.1 Å². The van der Waals surface area contributed by atoms with E-state index in [2.05, 4.69) is 11.4 Å². The van der Waals surface area contributed by atoms with E-state index in [4.69, 9.17) is 10.00 Å². The second kappa shape index (κ2) is 6.15. The monoisotopic (exact) mass is 287 g/mol. The lowest BCUT2D eigenvalue weighted by Gasteiger charge is -2.35. The van der Waals surface area contributed by atoms with E-state index >= 15 is 0 Å². The summed E-state index contributed by atoms with van der Waals surface area (Å²) in [4.78, 5) is 13.9. The Bertz CT molecular complexity index is 557. The number of rotatable bonds is 1. The summed E-state index contributed by atoms with van der Waals surface area (Å²) in [6.45, 7) is 7.47. The maximum atomic E-state index is 12.1. The van der Waals surface area contributed by atoms with Crippen LogP contribution in [0.5, 0.6) is 0 Å². The van der Waals surface area contributed by atoms with Gasteiger partial charge in [0.25, 0.3) is 0 Å². The molecule has 1 aliphatic rings. The van der Waals surface area contributed by atoms with E-state index in [0.717, 1.165) is 5.56 Å². The molecule has 1 amide bonds. The number of amides is 1. The third kappa shape index (κ3) is 4.20. The van der Waals surface area contributed by atoms with Gasteiger partial charge in [0.1, 0.15) is 5.60 Å². The third-order valence-electron chi connectivity index (χ3n) is 3.25. The standard InChI is InChI=1S/C16H21N3O2/c1-16(2,3)21-15(20)19-8-7-18-14(11-19)13-6-4-5-12(9-13)10-17/h4-6,9,14,18H,7-8,11H2,1-3H3. The first-order valence-corrected chi connectivity index (χ1v) is 7.10. The molecule has 0 bridgehead atoms. The van der Waals surface area contributed by atoms with Crippen molar-refractivity contribution < 1.29 is 9.53 Å². The SMILES string of the molecule is CC(C)(C)OC(=O)N1CCNC(c2cccc(C#N)c2)C1. The molecule has 112 valence electrons. The second-order valence-corrected chi connectivity index (χ2v) is 6.17. The molecule has 2 rings (SSSR count). The van der Waals surface area contributed by atoms with E-state index < -0.39 is 5.60 Å². The molecule has 1 N–H and O–H groups in total. The lowest BCUT2D eigenvalue weighted by atomic mass is 10.0. The van der Waals surface area contributed by atoms with Gasteiger partial charge in [-0.2, -0.15) is 5.26 Å². The maximum Gasteiger partial charge on any atom is 0.410 e. The fraction of sp³-hybridized carbons (Fsp3) is 0.500. The summed E-state index contributed by atoms with van der Waals surface area (Å²) in [7, 11) is 0. The van der Waals surface area contributed by atoms with Crippen molar-refractivity contribution in [3.8, 4) is 6.07 Å². The van der Waals surface area contributed by atoms with Gasteiger partial charge in [-0.1, -0.05) is 12.1 Å². The molecule has 0 aromatic heterocycles. The van der Waals surface area contributed by atoms with Crippen molar-refractivity contribution in [3.05, 3.63) is 35.4 Å². The van der Waals surface area contributed by atoms with Crippen molar-refractivity contribution >= 4 is 6.09 Å². The highest BCUT2D eigenvalue weighted by Crippen LogP contribution is 2.20. The largest absolute Gasteiger partial charge is 0.444 e. The van der Waals surface area contributed by atoms with Crippen LogP contribution in [0.1, 0.15) is 37.9 Å². The molecule has 1 unspecified atom stereocenters. The summed E-state index contributed by atoms with van der Waals surface area (Å²) in [6, 6.07) is 9.63. The minimum absolute atomic E-state index is 0.0274. The molecule has 0 aliphatic carbocycles. The number of carbonyl (C=O) groups is 1. The maximum absolute atomic E-state index is 12.1. The van der Waals surface area contributed by atoms with Gasteiger partial charge in [-0.15, -0.1) is 0 Å². The molecule has 1 heterocycles. The van der Waals surface area contributed by atoms with Gasteiger partial charge >= 0.3 is 6.09 Å². The van der Waals surface area contributed by atoms with Gasteiger partial charge in [0.05, 0.1) is 17.7 Å². The zero-order valence-electron chi connectivity index (χ0n) is 12.7. The van der Waals surface area contributed by atoms with Crippen LogP contribution < -0.4 is 5.32 Å². The fourth-order valence-electron chi connectivity index (χ4n) is 2.29. The number of nitrogens with zero attached hydrogens (tertiary/aromatic N) is 2. The van der Waals surface area contributed by atoms with Crippen molar-refractivity contribution in [2.24, 2.45) is 0 Å². The number of piperazine rings is 1. The van der Waals surface area contributed by atoms with Crippen LogP contribution in [-0.4, -0.2) is 36.2 Å². The van der Waals surface area contributed by atoms with Gasteiger partial charge in [0.15, 0.2) is 0 Å². The molecule has 0 radical (unpaired) electrons. The van der Waals surface area contributed by atoms with Crippen LogP contribution in [0.3, 0.4) is 0 Å². The summed E-state index contributed by atoms with van der Waals surface area (Å²) in [5, 5.41) is 12.3. The smallest absolute Gasteiger partial charge is 0.410 e. The summed E-state index contributed by atoms with van der Waals surface area (Å²) in [5.41, 5.74) is 1.16. The number of hydrogen-bond acceptors (Lipinski definition) is 4. The summed E-state index contributed by atoms with van der Waals surface area (Å²) in [6.07, 6.45) is -0.287. The van der Waals surface area contributed by atoms with Gasteiger partial charge in [0.2, 0.25) is 0 Å². The Morgan fingerprint density at radius 1 is 1.48 bits per heavy atom. The van der Waals surface area contributed by atoms with Gasteiger partial charge < -0.3 is 15.0 Å². The van der Waals surface area contributed by atoms with E-state index in [1.165, 1.54) is 0 Å². The number of nitriles is 1. The van der Waals surface area contributed by atoms with Gasteiger partial charge in [-0.05, 0) is 38.5 Å². The highest BCUT2D eigenvalue weighted by molar-refractivity contribution is 5.68. The predicted molar refractivity (Wildman–Crippen MR) is 79.7 cm³/mol. The quantitative estimate of drug-likeness (QED) is 0.861. The molecule has 1 saturated heterocycles. The molecule has 21 heavy (non-hydrogen) atoms. The lowest BCUT2D eigenvalue weighted by Crippen LogP contribution is -2.49. The molecule has 0 saturated carbocycles. The normalized spacial score (nSPS) is 19.0. The summed E-state index contributed by atoms with van der Waals surface area (Å²) < 4.78 is 5.41. The Hall–Kier alpha value is -2.06. The number of carbonyl (C=O) groups excluding carboxylic acids is 1. The number of hydrogen-bond donors (Lipinski definition) is 1. The number of ether oxygens (including phenoxy) is 1. The number of nitrogens with one attached hydrogen (secondary N) is 1. The molecule has 1 atom stereocenters. The van der Waals surface area contributed by atoms with E-state index in [1.54, 1.807) is 11.0 Å². The average Bonchev–Trinajstić information content (AvgIpc) is 2.46. The van der Waals surface area contributed by atoms with E-state index in [9.17, 15) is 4.79 Å². The predicted octanol–water partition coefficient (Wildman–Crippen LogP) is 2.44. The molecule has 1 aromatic carbocycles. The topological polar surface area (TPSA) is 65.4 Å². The first kappa shape index (κ1) is 15.3. The summed E-state index contributed by atoms with van der Waals surface area (Å²) >= 11 is 0. The van der Waals surface area contributed by atoms with Crippen molar-refractivity contribution in [3.63, 3.8) is 0 Å². The Balaban J connectivity index is 2.07. The third-order valence-corrected chi connectivity index (χ3v) is 3.25. The van der Waals surface area contributed by atoms with E-state index in [1.807, 2.05) is 39.0 Å². The van der Waals surface area contributed by atoms with Crippen LogP contribution in [0.2, 0.25) is 0 Å². The molecule has 5 heteroatoms. The Morgan fingerprint density at radius 2 is 2.24 bits per heavy atom. The molecule has 5 nitrogen and oxygen atoms in total. The molecule has 0 spiro atoms.